The second-order valence-corrected chi connectivity index (χ2v) is 6.95. The number of nitrogens with zero attached hydrogens (tertiary/aromatic N) is 1. The van der Waals surface area contributed by atoms with E-state index in [9.17, 15) is 9.59 Å². The molecule has 0 saturated carbocycles. The van der Waals surface area contributed by atoms with Crippen LogP contribution in [0.15, 0.2) is 89.7 Å². The van der Waals surface area contributed by atoms with Gasteiger partial charge in [0.1, 0.15) is 5.70 Å². The topological polar surface area (TPSA) is 67.8 Å². The zero-order valence-electron chi connectivity index (χ0n) is 16.7. The van der Waals surface area contributed by atoms with Gasteiger partial charge in [0.15, 0.2) is 5.78 Å². The number of hydrogen-bond donors (Lipinski definition) is 1. The Bertz CT molecular complexity index is 1160. The lowest BCUT2D eigenvalue weighted by Crippen LogP contribution is -2.20. The maximum absolute atomic E-state index is 12.6. The molecule has 5 nitrogen and oxygen atoms in total. The number of benzene rings is 3. The molecule has 0 aliphatic heterocycles. The van der Waals surface area contributed by atoms with Crippen LogP contribution in [0.2, 0.25) is 0 Å². The van der Waals surface area contributed by atoms with E-state index in [1.54, 1.807) is 18.2 Å². The molecule has 5 heteroatoms. The molecular formula is C25H20N2O3. The highest BCUT2D eigenvalue weighted by Crippen LogP contribution is 2.36. The zero-order valence-corrected chi connectivity index (χ0v) is 16.7. The van der Waals surface area contributed by atoms with Crippen molar-refractivity contribution >= 4 is 17.5 Å². The quantitative estimate of drug-likeness (QED) is 0.237. The van der Waals surface area contributed by atoms with Crippen LogP contribution in [-0.4, -0.2) is 24.6 Å². The molecule has 0 amide bonds. The lowest BCUT2D eigenvalue weighted by molar-refractivity contribution is -0.136. The number of aryl methyl sites for hydroxylation is 1. The second kappa shape index (κ2) is 8.17. The van der Waals surface area contributed by atoms with Crippen molar-refractivity contribution in [3.05, 3.63) is 107 Å². The van der Waals surface area contributed by atoms with Crippen molar-refractivity contribution in [2.24, 2.45) is 5.10 Å². The molecule has 30 heavy (non-hydrogen) atoms. The molecule has 0 aromatic heterocycles. The fraction of sp³-hybridized carbons (Fsp3) is 0.0800. The van der Waals surface area contributed by atoms with Gasteiger partial charge in [0, 0.05) is 22.8 Å². The van der Waals surface area contributed by atoms with Gasteiger partial charge in [-0.2, -0.15) is 5.10 Å². The molecule has 0 saturated heterocycles. The monoisotopic (exact) mass is 396 g/mol. The van der Waals surface area contributed by atoms with Crippen LogP contribution in [0.1, 0.15) is 27.0 Å². The lowest BCUT2D eigenvalue weighted by atomic mass is 10.1. The first-order valence-electron chi connectivity index (χ1n) is 9.52. The number of hydrogen-bond acceptors (Lipinski definition) is 5. The van der Waals surface area contributed by atoms with Gasteiger partial charge in [0.2, 0.25) is 0 Å². The first kappa shape index (κ1) is 19.3. The van der Waals surface area contributed by atoms with Crippen LogP contribution in [0.5, 0.6) is 0 Å². The molecule has 0 atom stereocenters. The Hall–Kier alpha value is -3.99. The summed E-state index contributed by atoms with van der Waals surface area (Å²) in [5.41, 5.74) is 8.96. The van der Waals surface area contributed by atoms with Crippen LogP contribution >= 0.6 is 0 Å². The van der Waals surface area contributed by atoms with E-state index in [1.165, 1.54) is 13.2 Å². The summed E-state index contributed by atoms with van der Waals surface area (Å²) >= 11 is 0. The normalized spacial score (nSPS) is 12.1. The van der Waals surface area contributed by atoms with Crippen LogP contribution < -0.4 is 5.43 Å². The summed E-state index contributed by atoms with van der Waals surface area (Å²) in [6.07, 6.45) is 1.22. The Balaban J connectivity index is 1.71. The maximum atomic E-state index is 12.6. The fourth-order valence-corrected chi connectivity index (χ4v) is 3.49. The maximum Gasteiger partial charge on any atom is 0.356 e. The molecule has 0 heterocycles. The van der Waals surface area contributed by atoms with Crippen molar-refractivity contribution in [1.82, 2.24) is 5.43 Å². The molecular weight excluding hydrogens is 376 g/mol. The van der Waals surface area contributed by atoms with E-state index in [2.05, 4.69) is 10.5 Å². The van der Waals surface area contributed by atoms with Gasteiger partial charge in [-0.1, -0.05) is 72.3 Å². The lowest BCUT2D eigenvalue weighted by Gasteiger charge is -2.07. The minimum atomic E-state index is -0.667. The molecule has 1 N–H and O–H groups in total. The average Bonchev–Trinajstić information content (AvgIpc) is 3.10. The first-order chi connectivity index (χ1) is 14.6. The van der Waals surface area contributed by atoms with E-state index < -0.39 is 5.97 Å². The molecule has 0 fully saturated rings. The van der Waals surface area contributed by atoms with Crippen molar-refractivity contribution in [2.45, 2.75) is 6.92 Å². The minimum Gasteiger partial charge on any atom is -0.464 e. The van der Waals surface area contributed by atoms with E-state index in [1.807, 2.05) is 61.5 Å². The van der Waals surface area contributed by atoms with Gasteiger partial charge in [-0.3, -0.25) is 10.2 Å². The fourth-order valence-electron chi connectivity index (χ4n) is 3.49. The number of rotatable bonds is 5. The van der Waals surface area contributed by atoms with Gasteiger partial charge in [0.25, 0.3) is 0 Å². The number of carbonyl (C=O) groups is 2. The third kappa shape index (κ3) is 3.65. The Labute approximate surface area is 174 Å². The van der Waals surface area contributed by atoms with E-state index in [-0.39, 0.29) is 11.5 Å². The summed E-state index contributed by atoms with van der Waals surface area (Å²) in [4.78, 5) is 24.9. The summed E-state index contributed by atoms with van der Waals surface area (Å²) < 4.78 is 4.84. The van der Waals surface area contributed by atoms with Gasteiger partial charge in [0.05, 0.1) is 12.8 Å². The smallest absolute Gasteiger partial charge is 0.356 e. The standard InChI is InChI=1S/C25H20N2O3/c1-16-8-7-9-17(14-16)23(28)15-22(25(29)30-2)26-27-24-20-12-5-3-10-18(20)19-11-4-6-13-21(19)24/h3-15,26H,1-2H3. The third-order valence-electron chi connectivity index (χ3n) is 4.93. The number of fused-ring (bicyclic) bond motifs is 3. The number of ketones is 1. The van der Waals surface area contributed by atoms with Crippen LogP contribution in [0.3, 0.4) is 0 Å². The zero-order chi connectivity index (χ0) is 21.1. The first-order valence-corrected chi connectivity index (χ1v) is 9.52. The number of hydrazone groups is 1. The van der Waals surface area contributed by atoms with Crippen molar-refractivity contribution in [2.75, 3.05) is 7.11 Å². The Morgan fingerprint density at radius 1 is 0.867 bits per heavy atom. The Kier molecular flexibility index (Phi) is 5.26. The second-order valence-electron chi connectivity index (χ2n) is 6.95. The SMILES string of the molecule is COC(=O)C(=CC(=O)c1cccc(C)c1)NN=C1c2ccccc2-c2ccccc21. The largest absolute Gasteiger partial charge is 0.464 e. The summed E-state index contributed by atoms with van der Waals surface area (Å²) in [5, 5.41) is 4.48. The number of allylic oxidation sites excluding steroid dienone is 1. The van der Waals surface area contributed by atoms with Gasteiger partial charge < -0.3 is 4.74 Å². The Morgan fingerprint density at radius 3 is 2.03 bits per heavy atom. The molecule has 0 radical (unpaired) electrons. The van der Waals surface area contributed by atoms with Crippen molar-refractivity contribution < 1.29 is 14.3 Å². The number of methoxy groups -OCH3 is 1. The van der Waals surface area contributed by atoms with Crippen molar-refractivity contribution in [1.29, 1.82) is 0 Å². The van der Waals surface area contributed by atoms with Crippen LogP contribution in [0.25, 0.3) is 11.1 Å². The predicted octanol–water partition coefficient (Wildman–Crippen LogP) is 4.26. The predicted molar refractivity (Wildman–Crippen MR) is 116 cm³/mol. The highest BCUT2D eigenvalue weighted by Gasteiger charge is 2.24. The molecule has 4 rings (SSSR count). The molecule has 148 valence electrons. The average molecular weight is 396 g/mol. The summed E-state index contributed by atoms with van der Waals surface area (Å²) in [6, 6.07) is 23.1. The van der Waals surface area contributed by atoms with Crippen molar-refractivity contribution in [3.63, 3.8) is 0 Å². The number of ether oxygens (including phenoxy) is 1. The number of nitrogens with one attached hydrogen (secondary N) is 1. The summed E-state index contributed by atoms with van der Waals surface area (Å²) in [7, 11) is 1.27. The van der Waals surface area contributed by atoms with Crippen LogP contribution in [-0.2, 0) is 9.53 Å². The van der Waals surface area contributed by atoms with E-state index in [0.29, 0.717) is 11.3 Å². The molecule has 3 aromatic rings. The third-order valence-corrected chi connectivity index (χ3v) is 4.93. The van der Waals surface area contributed by atoms with Gasteiger partial charge in [-0.25, -0.2) is 4.79 Å². The summed E-state index contributed by atoms with van der Waals surface area (Å²) in [6.45, 7) is 1.90. The van der Waals surface area contributed by atoms with Gasteiger partial charge in [-0.15, -0.1) is 0 Å². The molecule has 1 aliphatic rings. The molecule has 0 unspecified atom stereocenters. The molecule has 3 aromatic carbocycles. The minimum absolute atomic E-state index is 0.0293. The number of esters is 1. The van der Waals surface area contributed by atoms with Gasteiger partial charge in [-0.05, 0) is 24.1 Å². The highest BCUT2D eigenvalue weighted by atomic mass is 16.5. The Morgan fingerprint density at radius 2 is 1.47 bits per heavy atom. The molecule has 1 aliphatic carbocycles. The molecule has 0 spiro atoms. The molecule has 0 bridgehead atoms. The van der Waals surface area contributed by atoms with E-state index in [4.69, 9.17) is 4.74 Å². The van der Waals surface area contributed by atoms with Crippen LogP contribution in [0.4, 0.5) is 0 Å². The van der Waals surface area contributed by atoms with E-state index >= 15 is 0 Å². The van der Waals surface area contributed by atoms with Gasteiger partial charge >= 0.3 is 5.97 Å². The van der Waals surface area contributed by atoms with E-state index in [0.717, 1.165) is 27.8 Å². The van der Waals surface area contributed by atoms with Crippen molar-refractivity contribution in [3.8, 4) is 11.1 Å². The summed E-state index contributed by atoms with van der Waals surface area (Å²) in [5.74, 6) is -0.973. The number of carbonyl (C=O) groups excluding carboxylic acids is 2. The highest BCUT2D eigenvalue weighted by molar-refractivity contribution is 6.24. The van der Waals surface area contributed by atoms with Crippen LogP contribution in [0, 0.1) is 6.92 Å².